The number of rotatable bonds is 7. The quantitative estimate of drug-likeness (QED) is 0.595. The van der Waals surface area contributed by atoms with Crippen molar-refractivity contribution in [1.82, 2.24) is 15.0 Å². The van der Waals surface area contributed by atoms with Crippen molar-refractivity contribution in [2.24, 2.45) is 0 Å². The summed E-state index contributed by atoms with van der Waals surface area (Å²) in [6.45, 7) is 1.70. The second kappa shape index (κ2) is 8.83. The largest absolute Gasteiger partial charge is 0.474 e. The van der Waals surface area contributed by atoms with Crippen LogP contribution in [0.15, 0.2) is 18.6 Å². The lowest BCUT2D eigenvalue weighted by Crippen LogP contribution is -2.27. The smallest absolute Gasteiger partial charge is 0.417 e. The molecule has 0 spiro atoms. The van der Waals surface area contributed by atoms with Gasteiger partial charge in [-0.2, -0.15) is 13.2 Å². The van der Waals surface area contributed by atoms with Gasteiger partial charge in [-0.3, -0.25) is 0 Å². The van der Waals surface area contributed by atoms with E-state index in [1.54, 1.807) is 6.92 Å². The first kappa shape index (κ1) is 21.4. The molecule has 0 unspecified atom stereocenters. The maximum Gasteiger partial charge on any atom is 0.417 e. The first-order valence-electron chi connectivity index (χ1n) is 7.54. The molecule has 27 heavy (non-hydrogen) atoms. The summed E-state index contributed by atoms with van der Waals surface area (Å²) >= 11 is 11.6. The van der Waals surface area contributed by atoms with Crippen molar-refractivity contribution >= 4 is 29.0 Å². The fraction of sp³-hybridized carbons (Fsp3) is 0.400. The van der Waals surface area contributed by atoms with Gasteiger partial charge in [-0.05, 0) is 12.5 Å². The van der Waals surface area contributed by atoms with Crippen LogP contribution in [0.25, 0.3) is 0 Å². The van der Waals surface area contributed by atoms with Crippen LogP contribution in [0.2, 0.25) is 10.0 Å². The molecule has 2 aromatic heterocycles. The molecular formula is C15H13Cl2F5N4O. The first-order valence-corrected chi connectivity index (χ1v) is 8.29. The van der Waals surface area contributed by atoms with Crippen LogP contribution in [0.5, 0.6) is 5.88 Å². The number of nitrogens with zero attached hydrogens (tertiary/aromatic N) is 3. The monoisotopic (exact) mass is 430 g/mol. The minimum absolute atomic E-state index is 0.0103. The standard InChI is InChI=1S/C15H13Cl2F5N4O/c1-2-8(26-13-10(17)11(12(18)19)24-6-25-13)5-27-14-9(16)3-7(4-23-14)15(20,21)22/h3-4,6,8,12H,2,5H2,1H3,(H,24,25,26)/t8-/m0/s1. The molecule has 0 bridgehead atoms. The first-order chi connectivity index (χ1) is 12.6. The summed E-state index contributed by atoms with van der Waals surface area (Å²) < 4.78 is 68.8. The van der Waals surface area contributed by atoms with Crippen molar-refractivity contribution in [1.29, 1.82) is 0 Å². The maximum atomic E-state index is 12.8. The van der Waals surface area contributed by atoms with E-state index in [0.717, 1.165) is 6.33 Å². The second-order valence-corrected chi connectivity index (χ2v) is 6.08. The van der Waals surface area contributed by atoms with Crippen molar-refractivity contribution in [2.75, 3.05) is 11.9 Å². The molecule has 5 nitrogen and oxygen atoms in total. The van der Waals surface area contributed by atoms with Crippen LogP contribution in [-0.4, -0.2) is 27.6 Å². The van der Waals surface area contributed by atoms with Gasteiger partial charge in [0, 0.05) is 6.20 Å². The van der Waals surface area contributed by atoms with Gasteiger partial charge < -0.3 is 10.1 Å². The van der Waals surface area contributed by atoms with E-state index in [-0.39, 0.29) is 28.3 Å². The third kappa shape index (κ3) is 5.52. The molecule has 0 saturated heterocycles. The summed E-state index contributed by atoms with van der Waals surface area (Å²) in [4.78, 5) is 10.8. The number of alkyl halides is 5. The van der Waals surface area contributed by atoms with E-state index in [1.165, 1.54) is 0 Å². The average Bonchev–Trinajstić information content (AvgIpc) is 2.59. The number of aromatic nitrogens is 3. The van der Waals surface area contributed by atoms with Crippen molar-refractivity contribution in [2.45, 2.75) is 32.0 Å². The Balaban J connectivity index is 2.07. The van der Waals surface area contributed by atoms with Gasteiger partial charge in [0.2, 0.25) is 5.88 Å². The highest BCUT2D eigenvalue weighted by molar-refractivity contribution is 6.33. The Hall–Kier alpha value is -1.94. The normalized spacial score (nSPS) is 12.9. The molecule has 0 aromatic carbocycles. The lowest BCUT2D eigenvalue weighted by molar-refractivity contribution is -0.137. The molecule has 0 aliphatic rings. The van der Waals surface area contributed by atoms with E-state index in [2.05, 4.69) is 20.3 Å². The maximum absolute atomic E-state index is 12.8. The Kier molecular flexibility index (Phi) is 6.99. The van der Waals surface area contributed by atoms with Gasteiger partial charge >= 0.3 is 6.18 Å². The zero-order chi connectivity index (χ0) is 20.2. The Morgan fingerprint density at radius 1 is 1.19 bits per heavy atom. The Morgan fingerprint density at radius 2 is 1.89 bits per heavy atom. The summed E-state index contributed by atoms with van der Waals surface area (Å²) in [5, 5.41) is 2.20. The minimum Gasteiger partial charge on any atom is -0.474 e. The number of nitrogens with one attached hydrogen (secondary N) is 1. The van der Waals surface area contributed by atoms with E-state index < -0.39 is 29.9 Å². The summed E-state index contributed by atoms with van der Waals surface area (Å²) in [6.07, 6.45) is -5.44. The predicted molar refractivity (Wildman–Crippen MR) is 89.4 cm³/mol. The van der Waals surface area contributed by atoms with Crippen LogP contribution in [0.4, 0.5) is 27.8 Å². The van der Waals surface area contributed by atoms with Gasteiger partial charge in [-0.1, -0.05) is 30.1 Å². The highest BCUT2D eigenvalue weighted by atomic mass is 35.5. The SMILES string of the molecule is CC[C@@H](COc1ncc(C(F)(F)F)cc1Cl)Nc1ncnc(C(F)F)c1Cl. The molecule has 12 heteroatoms. The molecule has 2 heterocycles. The molecule has 0 radical (unpaired) electrons. The summed E-state index contributed by atoms with van der Waals surface area (Å²) in [7, 11) is 0. The number of hydrogen-bond acceptors (Lipinski definition) is 5. The van der Waals surface area contributed by atoms with Gasteiger partial charge in [0.05, 0.1) is 11.6 Å². The van der Waals surface area contributed by atoms with Crippen LogP contribution in [-0.2, 0) is 6.18 Å². The molecule has 0 fully saturated rings. The van der Waals surface area contributed by atoms with Crippen LogP contribution >= 0.6 is 23.2 Å². The lowest BCUT2D eigenvalue weighted by Gasteiger charge is -2.19. The summed E-state index contributed by atoms with van der Waals surface area (Å²) in [5.74, 6) is -0.198. The van der Waals surface area contributed by atoms with Crippen molar-refractivity contribution in [3.05, 3.63) is 39.9 Å². The molecule has 2 rings (SSSR count). The number of halogens is 7. The third-order valence-electron chi connectivity index (χ3n) is 3.41. The van der Waals surface area contributed by atoms with Gasteiger partial charge in [0.25, 0.3) is 6.43 Å². The lowest BCUT2D eigenvalue weighted by atomic mass is 10.2. The number of pyridine rings is 1. The Bertz CT molecular complexity index is 791. The second-order valence-electron chi connectivity index (χ2n) is 5.29. The van der Waals surface area contributed by atoms with E-state index in [9.17, 15) is 22.0 Å². The molecule has 0 saturated carbocycles. The molecule has 1 N–H and O–H groups in total. The Labute approximate surface area is 160 Å². The zero-order valence-electron chi connectivity index (χ0n) is 13.7. The minimum atomic E-state index is -4.57. The van der Waals surface area contributed by atoms with E-state index in [0.29, 0.717) is 18.7 Å². The highest BCUT2D eigenvalue weighted by Crippen LogP contribution is 2.33. The number of ether oxygens (including phenoxy) is 1. The van der Waals surface area contributed by atoms with Gasteiger partial charge in [-0.25, -0.2) is 23.7 Å². The third-order valence-corrected chi connectivity index (χ3v) is 4.06. The molecule has 0 aliphatic carbocycles. The van der Waals surface area contributed by atoms with Crippen LogP contribution in [0.3, 0.4) is 0 Å². The fourth-order valence-electron chi connectivity index (χ4n) is 1.96. The van der Waals surface area contributed by atoms with Gasteiger partial charge in [0.15, 0.2) is 0 Å². The summed E-state index contributed by atoms with van der Waals surface area (Å²) in [5.41, 5.74) is -1.62. The molecular weight excluding hydrogens is 418 g/mol. The zero-order valence-corrected chi connectivity index (χ0v) is 15.2. The van der Waals surface area contributed by atoms with Crippen LogP contribution in [0, 0.1) is 0 Å². The number of hydrogen-bond donors (Lipinski definition) is 1. The molecule has 1 atom stereocenters. The summed E-state index contributed by atoms with van der Waals surface area (Å²) in [6, 6.07) is 0.247. The molecule has 0 amide bonds. The van der Waals surface area contributed by atoms with E-state index in [1.807, 2.05) is 0 Å². The van der Waals surface area contributed by atoms with Crippen LogP contribution in [0.1, 0.15) is 31.0 Å². The fourth-order valence-corrected chi connectivity index (χ4v) is 2.41. The Morgan fingerprint density at radius 3 is 2.44 bits per heavy atom. The van der Waals surface area contributed by atoms with Crippen LogP contribution < -0.4 is 10.1 Å². The van der Waals surface area contributed by atoms with E-state index >= 15 is 0 Å². The van der Waals surface area contributed by atoms with Crippen molar-refractivity contribution in [3.63, 3.8) is 0 Å². The topological polar surface area (TPSA) is 59.9 Å². The van der Waals surface area contributed by atoms with Crippen molar-refractivity contribution in [3.8, 4) is 5.88 Å². The average molecular weight is 431 g/mol. The van der Waals surface area contributed by atoms with E-state index in [4.69, 9.17) is 27.9 Å². The number of anilines is 1. The molecule has 148 valence electrons. The molecule has 2 aromatic rings. The van der Waals surface area contributed by atoms with Crippen molar-refractivity contribution < 1.29 is 26.7 Å². The molecule has 0 aliphatic heterocycles. The van der Waals surface area contributed by atoms with Gasteiger partial charge in [0.1, 0.15) is 34.5 Å². The predicted octanol–water partition coefficient (Wildman–Crippen LogP) is 5.40. The highest BCUT2D eigenvalue weighted by Gasteiger charge is 2.31. The van der Waals surface area contributed by atoms with Gasteiger partial charge in [-0.15, -0.1) is 0 Å².